The number of thioether (sulfide) groups is 1. The van der Waals surface area contributed by atoms with Gasteiger partial charge in [0, 0.05) is 13.7 Å². The second kappa shape index (κ2) is 12.3. The summed E-state index contributed by atoms with van der Waals surface area (Å²) in [7, 11) is 1.75. The Morgan fingerprint density at radius 2 is 2.07 bits per heavy atom. The quantitative estimate of drug-likeness (QED) is 0.555. The molecule has 0 fully saturated rings. The monoisotopic (exact) mass is 233 g/mol. The van der Waals surface area contributed by atoms with Gasteiger partial charge in [0.25, 0.3) is 0 Å². The molecule has 2 nitrogen and oxygen atoms in total. The normalized spacial score (nSPS) is 13.0. The van der Waals surface area contributed by atoms with Crippen molar-refractivity contribution >= 4 is 11.8 Å². The molecule has 0 saturated heterocycles. The van der Waals surface area contributed by atoms with E-state index < -0.39 is 0 Å². The third-order valence-electron chi connectivity index (χ3n) is 2.49. The minimum Gasteiger partial charge on any atom is -0.383 e. The summed E-state index contributed by atoms with van der Waals surface area (Å²) in [6.07, 6.45) is 4.00. The summed E-state index contributed by atoms with van der Waals surface area (Å²) >= 11 is 2.05. The average molecular weight is 233 g/mol. The van der Waals surface area contributed by atoms with Gasteiger partial charge < -0.3 is 10.1 Å². The van der Waals surface area contributed by atoms with E-state index in [1.807, 2.05) is 0 Å². The molecule has 0 aromatic carbocycles. The lowest BCUT2D eigenvalue weighted by Crippen LogP contribution is -2.26. The highest BCUT2D eigenvalue weighted by Gasteiger charge is 2.06. The van der Waals surface area contributed by atoms with Crippen LogP contribution in [0.5, 0.6) is 0 Å². The molecule has 0 aromatic heterocycles. The van der Waals surface area contributed by atoms with Crippen LogP contribution in [0.15, 0.2) is 0 Å². The zero-order chi connectivity index (χ0) is 11.4. The molecule has 0 bridgehead atoms. The third-order valence-corrected chi connectivity index (χ3v) is 3.42. The largest absolute Gasteiger partial charge is 0.383 e. The van der Waals surface area contributed by atoms with E-state index in [-0.39, 0.29) is 0 Å². The molecule has 1 unspecified atom stereocenters. The molecular formula is C12H27NOS. The topological polar surface area (TPSA) is 21.3 Å². The summed E-state index contributed by atoms with van der Waals surface area (Å²) in [5, 5.41) is 3.46. The number of rotatable bonds is 11. The van der Waals surface area contributed by atoms with Crippen LogP contribution in [0.1, 0.15) is 33.1 Å². The SMILES string of the molecule is CCCC(CCSCC)CNCCOC. The van der Waals surface area contributed by atoms with Gasteiger partial charge in [0.2, 0.25) is 0 Å². The van der Waals surface area contributed by atoms with E-state index >= 15 is 0 Å². The van der Waals surface area contributed by atoms with Crippen LogP contribution in [0.4, 0.5) is 0 Å². The summed E-state index contributed by atoms with van der Waals surface area (Å²) in [6.45, 7) is 7.47. The van der Waals surface area contributed by atoms with Crippen molar-refractivity contribution in [3.05, 3.63) is 0 Å². The van der Waals surface area contributed by atoms with Crippen molar-refractivity contribution in [2.75, 3.05) is 38.3 Å². The second-order valence-electron chi connectivity index (χ2n) is 3.84. The zero-order valence-corrected chi connectivity index (χ0v) is 11.4. The van der Waals surface area contributed by atoms with Crippen LogP contribution in [-0.2, 0) is 4.74 Å². The van der Waals surface area contributed by atoms with Crippen LogP contribution < -0.4 is 5.32 Å². The third kappa shape index (κ3) is 10.6. The van der Waals surface area contributed by atoms with Gasteiger partial charge in [-0.1, -0.05) is 20.3 Å². The Morgan fingerprint density at radius 1 is 1.27 bits per heavy atom. The van der Waals surface area contributed by atoms with Crippen LogP contribution in [-0.4, -0.2) is 38.3 Å². The number of nitrogens with one attached hydrogen (secondary N) is 1. The minimum atomic E-state index is 0.822. The Morgan fingerprint density at radius 3 is 2.67 bits per heavy atom. The molecular weight excluding hydrogens is 206 g/mol. The molecule has 3 heteroatoms. The summed E-state index contributed by atoms with van der Waals surface area (Å²) in [5.41, 5.74) is 0. The first kappa shape index (κ1) is 15.3. The highest BCUT2D eigenvalue weighted by molar-refractivity contribution is 7.99. The van der Waals surface area contributed by atoms with Crippen LogP contribution in [0.25, 0.3) is 0 Å². The van der Waals surface area contributed by atoms with Crippen molar-refractivity contribution in [3.8, 4) is 0 Å². The van der Waals surface area contributed by atoms with Crippen LogP contribution in [0.2, 0.25) is 0 Å². The van der Waals surface area contributed by atoms with Gasteiger partial charge in [0.15, 0.2) is 0 Å². The maximum atomic E-state index is 5.02. The number of hydrogen-bond acceptors (Lipinski definition) is 3. The predicted octanol–water partition coefficient (Wildman–Crippen LogP) is 2.78. The van der Waals surface area contributed by atoms with Gasteiger partial charge in [-0.2, -0.15) is 11.8 Å². The predicted molar refractivity (Wildman–Crippen MR) is 70.8 cm³/mol. The summed E-state index contributed by atoms with van der Waals surface area (Å²) in [6, 6.07) is 0. The molecule has 0 spiro atoms. The van der Waals surface area contributed by atoms with Gasteiger partial charge in [-0.25, -0.2) is 0 Å². The summed E-state index contributed by atoms with van der Waals surface area (Å²) in [4.78, 5) is 0. The molecule has 0 aliphatic rings. The van der Waals surface area contributed by atoms with Crippen molar-refractivity contribution in [1.29, 1.82) is 0 Å². The Kier molecular flexibility index (Phi) is 12.6. The summed E-state index contributed by atoms with van der Waals surface area (Å²) in [5.74, 6) is 3.41. The molecule has 0 heterocycles. The van der Waals surface area contributed by atoms with Crippen molar-refractivity contribution in [1.82, 2.24) is 5.32 Å². The number of hydrogen-bond donors (Lipinski definition) is 1. The maximum absolute atomic E-state index is 5.02. The molecule has 0 radical (unpaired) electrons. The van der Waals surface area contributed by atoms with Gasteiger partial charge >= 0.3 is 0 Å². The number of ether oxygens (including phenoxy) is 1. The highest BCUT2D eigenvalue weighted by atomic mass is 32.2. The second-order valence-corrected chi connectivity index (χ2v) is 5.23. The molecule has 0 rings (SSSR count). The van der Waals surface area contributed by atoms with E-state index in [1.165, 1.54) is 30.8 Å². The molecule has 0 saturated carbocycles. The fourth-order valence-corrected chi connectivity index (χ4v) is 2.42. The van der Waals surface area contributed by atoms with Crippen molar-refractivity contribution < 1.29 is 4.74 Å². The van der Waals surface area contributed by atoms with E-state index in [1.54, 1.807) is 7.11 Å². The zero-order valence-electron chi connectivity index (χ0n) is 10.6. The van der Waals surface area contributed by atoms with E-state index in [0.717, 1.165) is 25.6 Å². The molecule has 1 N–H and O–H groups in total. The summed E-state index contributed by atoms with van der Waals surface area (Å²) < 4.78 is 5.02. The molecule has 0 aliphatic heterocycles. The van der Waals surface area contributed by atoms with Crippen LogP contribution in [0.3, 0.4) is 0 Å². The van der Waals surface area contributed by atoms with Gasteiger partial charge in [-0.05, 0) is 36.8 Å². The fraction of sp³-hybridized carbons (Fsp3) is 1.00. The van der Waals surface area contributed by atoms with Crippen molar-refractivity contribution in [2.45, 2.75) is 33.1 Å². The first-order valence-electron chi connectivity index (χ1n) is 6.12. The molecule has 92 valence electrons. The fourth-order valence-electron chi connectivity index (χ4n) is 1.63. The Bertz CT molecular complexity index is 122. The van der Waals surface area contributed by atoms with Gasteiger partial charge in [0.1, 0.15) is 0 Å². The Hall–Kier alpha value is 0.270. The molecule has 1 atom stereocenters. The van der Waals surface area contributed by atoms with E-state index in [0.29, 0.717) is 0 Å². The van der Waals surface area contributed by atoms with Gasteiger partial charge in [-0.3, -0.25) is 0 Å². The lowest BCUT2D eigenvalue weighted by atomic mass is 10.0. The smallest absolute Gasteiger partial charge is 0.0587 e. The van der Waals surface area contributed by atoms with Crippen molar-refractivity contribution in [2.24, 2.45) is 5.92 Å². The number of methoxy groups -OCH3 is 1. The molecule has 0 amide bonds. The molecule has 0 aliphatic carbocycles. The minimum absolute atomic E-state index is 0.822. The van der Waals surface area contributed by atoms with Crippen LogP contribution >= 0.6 is 11.8 Å². The van der Waals surface area contributed by atoms with Gasteiger partial charge in [0.05, 0.1) is 6.61 Å². The maximum Gasteiger partial charge on any atom is 0.0587 e. The average Bonchev–Trinajstić information content (AvgIpc) is 2.24. The van der Waals surface area contributed by atoms with E-state index in [9.17, 15) is 0 Å². The first-order chi connectivity index (χ1) is 7.35. The lowest BCUT2D eigenvalue weighted by Gasteiger charge is -2.16. The van der Waals surface area contributed by atoms with E-state index in [2.05, 4.69) is 30.9 Å². The molecule has 0 aromatic rings. The molecule has 15 heavy (non-hydrogen) atoms. The van der Waals surface area contributed by atoms with E-state index in [4.69, 9.17) is 4.74 Å². The Balaban J connectivity index is 3.44. The van der Waals surface area contributed by atoms with Gasteiger partial charge in [-0.15, -0.1) is 0 Å². The van der Waals surface area contributed by atoms with Crippen molar-refractivity contribution in [3.63, 3.8) is 0 Å². The first-order valence-corrected chi connectivity index (χ1v) is 7.28. The standard InChI is InChI=1S/C12H27NOS/c1-4-6-12(7-10-15-5-2)11-13-8-9-14-3/h12-13H,4-11H2,1-3H3. The lowest BCUT2D eigenvalue weighted by molar-refractivity contribution is 0.197. The van der Waals surface area contributed by atoms with Crippen LogP contribution in [0, 0.1) is 5.92 Å². The highest BCUT2D eigenvalue weighted by Crippen LogP contribution is 2.14. The Labute approximate surface area is 99.5 Å².